The average molecular weight is 51.9 g/mol. The van der Waals surface area contributed by atoms with Crippen LogP contribution in [0, 0.1) is 0 Å². The van der Waals surface area contributed by atoms with Crippen LogP contribution in [0.25, 0.3) is 0 Å². The summed E-state index contributed by atoms with van der Waals surface area (Å²) in [6.45, 7) is 2.14. The molecule has 1 aliphatic rings. The van der Waals surface area contributed by atoms with Gasteiger partial charge in [0, 0.05) is 0 Å². The van der Waals surface area contributed by atoms with Crippen LogP contribution in [0.1, 0.15) is 6.92 Å². The molecule has 0 aromatic carbocycles. The number of hydrogen-bond acceptors (Lipinski definition) is 0. The van der Waals surface area contributed by atoms with Crippen LogP contribution in [0.2, 0.25) is 0 Å². The topological polar surface area (TPSA) is 0 Å². The van der Waals surface area contributed by atoms with E-state index in [-0.39, 0.29) is 0 Å². The molecule has 1 heteroatoms. The molecule has 0 saturated heterocycles. The third-order valence-electron chi connectivity index (χ3n) is 0.612. The molecule has 0 nitrogen and oxygen atoms in total. The predicted octanol–water partition coefficient (Wildman–Crippen LogP) is 0.298. The fraction of sp³-hybridized carbons (Fsp3) is 0.333. The molecule has 0 N–H and O–H groups in total. The molecule has 1 aliphatic heterocycles. The molecule has 0 aromatic rings. The maximum Gasteiger partial charge on any atom is 0.174 e. The van der Waals surface area contributed by atoms with E-state index in [1.807, 2.05) is 0 Å². The highest BCUT2D eigenvalue weighted by Crippen LogP contribution is 2.00. The van der Waals surface area contributed by atoms with Crippen molar-refractivity contribution in [2.75, 3.05) is 0 Å². The monoisotopic (exact) mass is 52.0 g/mol. The minimum atomic E-state index is 1.28. The van der Waals surface area contributed by atoms with E-state index in [0.717, 1.165) is 0 Å². The van der Waals surface area contributed by atoms with Crippen molar-refractivity contribution in [1.29, 1.82) is 0 Å². The minimum absolute atomic E-state index is 1.28. The fourth-order valence-corrected chi connectivity index (χ4v) is 0.102. The average Bonchev–Trinajstić information content (AvgIpc) is 1.75. The molecule has 4 heavy (non-hydrogen) atoms. The molecule has 0 amide bonds. The Hall–Kier alpha value is -0.195. The summed E-state index contributed by atoms with van der Waals surface area (Å²) in [7, 11) is 1.28. The lowest BCUT2D eigenvalue weighted by molar-refractivity contribution is 1.77. The Bertz CT molecular complexity index is 54.3. The van der Waals surface area contributed by atoms with Crippen molar-refractivity contribution in [3.05, 3.63) is 11.4 Å². The molecule has 0 aliphatic carbocycles. The van der Waals surface area contributed by atoms with Crippen LogP contribution in [0.4, 0.5) is 0 Å². The zero-order chi connectivity index (χ0) is 2.99. The minimum Gasteiger partial charge on any atom is -0.123 e. The second-order valence-electron chi connectivity index (χ2n) is 1.25. The van der Waals surface area contributed by atoms with Crippen LogP contribution in [0.5, 0.6) is 0 Å². The molecular weight excluding hydrogens is 46.8 g/mol. The van der Waals surface area contributed by atoms with E-state index in [1.54, 1.807) is 5.47 Å². The van der Waals surface area contributed by atoms with Crippen LogP contribution in [0.15, 0.2) is 11.4 Å². The van der Waals surface area contributed by atoms with Crippen molar-refractivity contribution in [2.24, 2.45) is 0 Å². The van der Waals surface area contributed by atoms with E-state index >= 15 is 0 Å². The lowest BCUT2D eigenvalue weighted by atomic mass is 9.99. The molecule has 0 atom stereocenters. The third-order valence-corrected chi connectivity index (χ3v) is 0.612. The summed E-state index contributed by atoms with van der Waals surface area (Å²) in [5, 5.41) is 0. The van der Waals surface area contributed by atoms with Gasteiger partial charge in [0.1, 0.15) is 0 Å². The van der Waals surface area contributed by atoms with Gasteiger partial charge in [0.2, 0.25) is 0 Å². The molecule has 0 unspecified atom stereocenters. The molecule has 0 saturated carbocycles. The second-order valence-corrected chi connectivity index (χ2v) is 1.25. The van der Waals surface area contributed by atoms with Crippen molar-refractivity contribution in [2.45, 2.75) is 6.92 Å². The number of allylic oxidation sites excluding steroid dienone is 1. The summed E-state index contributed by atoms with van der Waals surface area (Å²) in [6.07, 6.45) is 0. The van der Waals surface area contributed by atoms with Crippen molar-refractivity contribution in [3.8, 4) is 0 Å². The highest BCUT2D eigenvalue weighted by Gasteiger charge is 1.97. The van der Waals surface area contributed by atoms with Crippen molar-refractivity contribution >= 4 is 7.28 Å². The summed E-state index contributed by atoms with van der Waals surface area (Å²) >= 11 is 0. The molecule has 1 heterocycles. The SMILES string of the molecule is CC1=CB1. The highest BCUT2D eigenvalue weighted by atomic mass is 13.7. The first-order chi connectivity index (χ1) is 1.89. The summed E-state index contributed by atoms with van der Waals surface area (Å²) in [4.78, 5) is 0. The van der Waals surface area contributed by atoms with E-state index in [9.17, 15) is 0 Å². The van der Waals surface area contributed by atoms with Crippen molar-refractivity contribution < 1.29 is 0 Å². The maximum absolute atomic E-state index is 2.21. The van der Waals surface area contributed by atoms with Gasteiger partial charge in [0.25, 0.3) is 0 Å². The van der Waals surface area contributed by atoms with Gasteiger partial charge in [-0.15, -0.1) is 11.4 Å². The molecule has 0 radical (unpaired) electrons. The van der Waals surface area contributed by atoms with E-state index in [1.165, 1.54) is 7.28 Å². The maximum atomic E-state index is 2.21. The lowest BCUT2D eigenvalue weighted by Gasteiger charge is -1.45. The summed E-state index contributed by atoms with van der Waals surface area (Å²) < 4.78 is 0. The van der Waals surface area contributed by atoms with Gasteiger partial charge in [-0.25, -0.2) is 0 Å². The van der Waals surface area contributed by atoms with Gasteiger partial charge >= 0.3 is 0 Å². The Balaban J connectivity index is 2.54. The summed E-state index contributed by atoms with van der Waals surface area (Å²) in [6, 6.07) is 0. The molecule has 1 rings (SSSR count). The Kier molecular flexibility index (Phi) is 0.205. The normalized spacial score (nSPS) is 17.8. The number of hydrogen-bond donors (Lipinski definition) is 0. The van der Waals surface area contributed by atoms with Gasteiger partial charge in [-0.05, 0) is 0 Å². The van der Waals surface area contributed by atoms with Gasteiger partial charge in [-0.1, -0.05) is 6.92 Å². The standard InChI is InChI=1S/C3H5B/c1-3-2-4-3/h2,4H,1H3. The fourth-order valence-electron chi connectivity index (χ4n) is 0.102. The Morgan fingerprint density at radius 1 is 2.00 bits per heavy atom. The van der Waals surface area contributed by atoms with E-state index < -0.39 is 0 Å². The molecule has 20 valence electrons. The molecule has 0 aromatic heterocycles. The second kappa shape index (κ2) is 0.396. The summed E-state index contributed by atoms with van der Waals surface area (Å²) in [5.74, 6) is 2.21. The van der Waals surface area contributed by atoms with E-state index in [2.05, 4.69) is 12.9 Å². The highest BCUT2D eigenvalue weighted by molar-refractivity contribution is 6.63. The Morgan fingerprint density at radius 2 is 2.25 bits per heavy atom. The first-order valence-corrected chi connectivity index (χ1v) is 1.55. The van der Waals surface area contributed by atoms with Crippen LogP contribution in [0.3, 0.4) is 0 Å². The smallest absolute Gasteiger partial charge is 0.123 e. The Labute approximate surface area is 26.8 Å². The third kappa shape index (κ3) is 0.149. The molecule has 0 spiro atoms. The Morgan fingerprint density at radius 3 is 2.25 bits per heavy atom. The zero-order valence-electron chi connectivity index (χ0n) is 2.78. The zero-order valence-corrected chi connectivity index (χ0v) is 2.78. The van der Waals surface area contributed by atoms with Crippen LogP contribution < -0.4 is 0 Å². The van der Waals surface area contributed by atoms with Crippen LogP contribution in [-0.2, 0) is 0 Å². The van der Waals surface area contributed by atoms with Gasteiger partial charge in [-0.3, -0.25) is 0 Å². The van der Waals surface area contributed by atoms with Gasteiger partial charge in [-0.2, -0.15) is 0 Å². The first kappa shape index (κ1) is 2.07. The molecular formula is C3H5B. The number of rotatable bonds is 0. The van der Waals surface area contributed by atoms with Crippen LogP contribution in [-0.4, -0.2) is 7.28 Å². The van der Waals surface area contributed by atoms with Crippen LogP contribution >= 0.6 is 0 Å². The van der Waals surface area contributed by atoms with Gasteiger partial charge < -0.3 is 0 Å². The quantitative estimate of drug-likeness (QED) is 0.347. The predicted molar refractivity (Wildman–Crippen MR) is 20.9 cm³/mol. The molecule has 0 bridgehead atoms. The van der Waals surface area contributed by atoms with Crippen molar-refractivity contribution in [1.82, 2.24) is 0 Å². The van der Waals surface area contributed by atoms with Gasteiger partial charge in [0.15, 0.2) is 7.28 Å². The van der Waals surface area contributed by atoms with Gasteiger partial charge in [0.05, 0.1) is 0 Å². The van der Waals surface area contributed by atoms with E-state index in [4.69, 9.17) is 0 Å². The van der Waals surface area contributed by atoms with E-state index in [0.29, 0.717) is 0 Å². The molecule has 0 fully saturated rings. The first-order valence-electron chi connectivity index (χ1n) is 1.55. The van der Waals surface area contributed by atoms with Crippen molar-refractivity contribution in [3.63, 3.8) is 0 Å². The largest absolute Gasteiger partial charge is 0.174 e. The lowest BCUT2D eigenvalue weighted by Crippen LogP contribution is -1.46. The summed E-state index contributed by atoms with van der Waals surface area (Å²) in [5.41, 5.74) is 1.54.